The second-order valence-electron chi connectivity index (χ2n) is 11.1. The van der Waals surface area contributed by atoms with Crippen molar-refractivity contribution in [2.24, 2.45) is 0 Å². The number of hydrogen-bond acceptors (Lipinski definition) is 7. The molecule has 0 aliphatic heterocycles. The number of hydrogen-bond donors (Lipinski definition) is 4. The number of nitrogens with zero attached hydrogens (tertiary/aromatic N) is 3. The van der Waals surface area contributed by atoms with Gasteiger partial charge in [-0.05, 0) is 68.5 Å². The lowest BCUT2D eigenvalue weighted by atomic mass is 9.88. The molecule has 4 N–H and O–H groups in total. The SMILES string of the molecule is CC(=O)NC1CCc2cc(Nc3ncc(C(=O)NC(C)C)c(Nc4ccnc(C(C)(C)C)c4)n3)ccc2C1. The minimum absolute atomic E-state index is 0.00483. The third-order valence-corrected chi connectivity index (χ3v) is 6.34. The Hall–Kier alpha value is -4.01. The van der Waals surface area contributed by atoms with E-state index >= 15 is 0 Å². The van der Waals surface area contributed by atoms with E-state index in [9.17, 15) is 9.59 Å². The van der Waals surface area contributed by atoms with Gasteiger partial charge in [-0.2, -0.15) is 4.98 Å². The van der Waals surface area contributed by atoms with Crippen LogP contribution in [0.5, 0.6) is 0 Å². The van der Waals surface area contributed by atoms with E-state index in [4.69, 9.17) is 0 Å². The van der Waals surface area contributed by atoms with Gasteiger partial charge in [0, 0.05) is 53.9 Å². The predicted molar refractivity (Wildman–Crippen MR) is 150 cm³/mol. The fraction of sp³-hybridized carbons (Fsp3) is 0.414. The topological polar surface area (TPSA) is 121 Å². The normalized spacial score (nSPS) is 15.0. The number of carbonyl (C=O) groups excluding carboxylic acids is 2. The molecule has 9 heteroatoms. The summed E-state index contributed by atoms with van der Waals surface area (Å²) in [4.78, 5) is 38.0. The Bertz CT molecular complexity index is 1330. The lowest BCUT2D eigenvalue weighted by Gasteiger charge is -2.25. The van der Waals surface area contributed by atoms with Crippen molar-refractivity contribution >= 4 is 35.0 Å². The smallest absolute Gasteiger partial charge is 0.256 e. The number of amides is 2. The van der Waals surface area contributed by atoms with E-state index in [2.05, 4.69) is 69.1 Å². The molecule has 3 aromatic rings. The Morgan fingerprint density at radius 1 is 1.00 bits per heavy atom. The molecule has 1 unspecified atom stereocenters. The Kier molecular flexibility index (Phi) is 7.94. The van der Waals surface area contributed by atoms with Crippen LogP contribution >= 0.6 is 0 Å². The molecule has 0 fully saturated rings. The third-order valence-electron chi connectivity index (χ3n) is 6.34. The van der Waals surface area contributed by atoms with Crippen molar-refractivity contribution in [2.75, 3.05) is 10.6 Å². The first kappa shape index (κ1) is 27.0. The lowest BCUT2D eigenvalue weighted by molar-refractivity contribution is -0.119. The molecule has 1 aliphatic carbocycles. The molecule has 1 aromatic carbocycles. The summed E-state index contributed by atoms with van der Waals surface area (Å²) in [6.07, 6.45) is 5.90. The van der Waals surface area contributed by atoms with Crippen LogP contribution < -0.4 is 21.3 Å². The molecule has 0 saturated heterocycles. The molecule has 200 valence electrons. The Balaban J connectivity index is 1.59. The van der Waals surface area contributed by atoms with Crippen molar-refractivity contribution < 1.29 is 9.59 Å². The summed E-state index contributed by atoms with van der Waals surface area (Å²) in [5.74, 6) is 0.542. The van der Waals surface area contributed by atoms with Crippen molar-refractivity contribution in [1.82, 2.24) is 25.6 Å². The quantitative estimate of drug-likeness (QED) is 0.357. The van der Waals surface area contributed by atoms with Crippen molar-refractivity contribution in [3.8, 4) is 0 Å². The molecule has 1 aliphatic rings. The first-order valence-corrected chi connectivity index (χ1v) is 13.1. The maximum absolute atomic E-state index is 12.9. The molecular weight excluding hydrogens is 478 g/mol. The lowest BCUT2D eigenvalue weighted by Crippen LogP contribution is -2.37. The van der Waals surface area contributed by atoms with E-state index in [0.29, 0.717) is 17.3 Å². The number of aryl methyl sites for hydroxylation is 1. The van der Waals surface area contributed by atoms with E-state index in [1.54, 1.807) is 13.1 Å². The highest BCUT2D eigenvalue weighted by atomic mass is 16.2. The van der Waals surface area contributed by atoms with E-state index in [1.165, 1.54) is 17.3 Å². The zero-order chi connectivity index (χ0) is 27.4. The highest BCUT2D eigenvalue weighted by Gasteiger charge is 2.21. The monoisotopic (exact) mass is 515 g/mol. The number of benzene rings is 1. The van der Waals surface area contributed by atoms with Gasteiger partial charge in [0.05, 0.1) is 0 Å². The van der Waals surface area contributed by atoms with Gasteiger partial charge in [0.15, 0.2) is 0 Å². The summed E-state index contributed by atoms with van der Waals surface area (Å²) in [5.41, 5.74) is 5.29. The number of rotatable bonds is 7. The van der Waals surface area contributed by atoms with Gasteiger partial charge in [-0.15, -0.1) is 0 Å². The van der Waals surface area contributed by atoms with Crippen molar-refractivity contribution in [1.29, 1.82) is 0 Å². The van der Waals surface area contributed by atoms with Gasteiger partial charge in [0.25, 0.3) is 5.91 Å². The highest BCUT2D eigenvalue weighted by Crippen LogP contribution is 2.28. The Morgan fingerprint density at radius 3 is 2.47 bits per heavy atom. The summed E-state index contributed by atoms with van der Waals surface area (Å²) in [5, 5.41) is 12.5. The average Bonchev–Trinajstić information content (AvgIpc) is 2.83. The zero-order valence-corrected chi connectivity index (χ0v) is 23.0. The minimum Gasteiger partial charge on any atom is -0.353 e. The fourth-order valence-electron chi connectivity index (χ4n) is 4.47. The number of aromatic nitrogens is 3. The van der Waals surface area contributed by atoms with E-state index in [1.807, 2.05) is 32.0 Å². The minimum atomic E-state index is -0.248. The largest absolute Gasteiger partial charge is 0.353 e. The average molecular weight is 516 g/mol. The Labute approximate surface area is 224 Å². The molecule has 0 saturated carbocycles. The zero-order valence-electron chi connectivity index (χ0n) is 23.0. The molecule has 4 rings (SSSR count). The highest BCUT2D eigenvalue weighted by molar-refractivity contribution is 5.99. The maximum Gasteiger partial charge on any atom is 0.256 e. The van der Waals surface area contributed by atoms with Crippen molar-refractivity contribution in [3.05, 3.63) is 65.1 Å². The summed E-state index contributed by atoms with van der Waals surface area (Å²) in [7, 11) is 0. The van der Waals surface area contributed by atoms with Crippen LogP contribution in [0.1, 0.15) is 75.1 Å². The first-order chi connectivity index (χ1) is 18.0. The molecule has 1 atom stereocenters. The molecule has 2 amide bonds. The van der Waals surface area contributed by atoms with Gasteiger partial charge in [-0.1, -0.05) is 26.8 Å². The number of carbonyl (C=O) groups is 2. The van der Waals surface area contributed by atoms with Crippen molar-refractivity contribution in [2.45, 2.75) is 78.3 Å². The molecule has 0 radical (unpaired) electrons. The summed E-state index contributed by atoms with van der Waals surface area (Å²) >= 11 is 0. The van der Waals surface area contributed by atoms with Gasteiger partial charge in [0.2, 0.25) is 11.9 Å². The van der Waals surface area contributed by atoms with Crippen LogP contribution in [0, 0.1) is 0 Å². The maximum atomic E-state index is 12.9. The number of nitrogens with one attached hydrogen (secondary N) is 4. The molecule has 38 heavy (non-hydrogen) atoms. The number of anilines is 4. The van der Waals surface area contributed by atoms with Gasteiger partial charge in [-0.3, -0.25) is 14.6 Å². The van der Waals surface area contributed by atoms with Crippen LogP contribution in [-0.2, 0) is 23.1 Å². The van der Waals surface area contributed by atoms with Gasteiger partial charge in [0.1, 0.15) is 11.4 Å². The van der Waals surface area contributed by atoms with E-state index in [0.717, 1.165) is 36.3 Å². The third kappa shape index (κ3) is 6.85. The van der Waals surface area contributed by atoms with Crippen LogP contribution in [0.25, 0.3) is 0 Å². The van der Waals surface area contributed by atoms with Crippen LogP contribution in [0.15, 0.2) is 42.7 Å². The van der Waals surface area contributed by atoms with Crippen LogP contribution in [0.3, 0.4) is 0 Å². The predicted octanol–water partition coefficient (Wildman–Crippen LogP) is 4.79. The second kappa shape index (κ2) is 11.2. The molecule has 0 bridgehead atoms. The summed E-state index contributed by atoms with van der Waals surface area (Å²) in [6.45, 7) is 11.7. The molecule has 2 aromatic heterocycles. The summed E-state index contributed by atoms with van der Waals surface area (Å²) in [6, 6.07) is 10.1. The van der Waals surface area contributed by atoms with Crippen LogP contribution in [0.4, 0.5) is 23.1 Å². The number of fused-ring (bicyclic) bond motifs is 1. The van der Waals surface area contributed by atoms with Crippen LogP contribution in [0.2, 0.25) is 0 Å². The molecule has 0 spiro atoms. The first-order valence-electron chi connectivity index (χ1n) is 13.1. The molecule has 2 heterocycles. The Morgan fingerprint density at radius 2 is 1.76 bits per heavy atom. The van der Waals surface area contributed by atoms with Crippen molar-refractivity contribution in [3.63, 3.8) is 0 Å². The van der Waals surface area contributed by atoms with E-state index < -0.39 is 0 Å². The summed E-state index contributed by atoms with van der Waals surface area (Å²) < 4.78 is 0. The second-order valence-corrected chi connectivity index (χ2v) is 11.1. The fourth-order valence-corrected chi connectivity index (χ4v) is 4.47. The van der Waals surface area contributed by atoms with Gasteiger partial charge in [-0.25, -0.2) is 4.98 Å². The molecule has 9 nitrogen and oxygen atoms in total. The number of pyridine rings is 1. The van der Waals surface area contributed by atoms with Crippen LogP contribution in [-0.4, -0.2) is 38.8 Å². The van der Waals surface area contributed by atoms with E-state index in [-0.39, 0.29) is 29.3 Å². The standard InChI is InChI=1S/C29H37N7O2/c1-17(2)32-27(38)24-16-31-28(36-26(24)34-23-11-12-30-25(15-23)29(4,5)6)35-22-10-8-19-13-21(33-18(3)37)9-7-20(19)14-22/h8,10-12,14-17,21H,7,9,13H2,1-6H3,(H,32,38)(H,33,37)(H2,30,31,34,35,36). The van der Waals surface area contributed by atoms with Gasteiger partial charge >= 0.3 is 0 Å². The molecular formula is C29H37N7O2. The van der Waals surface area contributed by atoms with Gasteiger partial charge < -0.3 is 21.3 Å².